The van der Waals surface area contributed by atoms with E-state index in [0.29, 0.717) is 4.99 Å². The fourth-order valence-electron chi connectivity index (χ4n) is 1.41. The lowest BCUT2D eigenvalue weighted by atomic mass is 9.85. The molecule has 0 unspecified atom stereocenters. The smallest absolute Gasteiger partial charge is 0.104 e. The van der Waals surface area contributed by atoms with Crippen molar-refractivity contribution in [2.75, 3.05) is 0 Å². The molecule has 0 fully saturated rings. The van der Waals surface area contributed by atoms with Crippen molar-refractivity contribution < 1.29 is 0 Å². The summed E-state index contributed by atoms with van der Waals surface area (Å²) in [5, 5.41) is 0. The Labute approximate surface area is 91.3 Å². The number of benzene rings is 1. The summed E-state index contributed by atoms with van der Waals surface area (Å²) < 4.78 is 0. The molecule has 14 heavy (non-hydrogen) atoms. The average molecular weight is 207 g/mol. The van der Waals surface area contributed by atoms with Crippen LogP contribution in [0.25, 0.3) is 0 Å². The van der Waals surface area contributed by atoms with Gasteiger partial charge in [0.25, 0.3) is 0 Å². The number of aryl methyl sites for hydroxylation is 1. The Morgan fingerprint density at radius 3 is 2.21 bits per heavy atom. The molecule has 2 heteroatoms. The van der Waals surface area contributed by atoms with E-state index in [9.17, 15) is 0 Å². The Kier molecular flexibility index (Phi) is 2.95. The molecular formula is C12H17NS. The normalized spacial score (nSPS) is 11.4. The largest absolute Gasteiger partial charge is 0.389 e. The molecular weight excluding hydrogens is 190 g/mol. The lowest BCUT2D eigenvalue weighted by Crippen LogP contribution is -2.15. The van der Waals surface area contributed by atoms with Gasteiger partial charge >= 0.3 is 0 Å². The van der Waals surface area contributed by atoms with Crippen molar-refractivity contribution in [3.63, 3.8) is 0 Å². The van der Waals surface area contributed by atoms with Crippen molar-refractivity contribution in [2.45, 2.75) is 33.1 Å². The highest BCUT2D eigenvalue weighted by Gasteiger charge is 2.14. The minimum absolute atomic E-state index is 0.180. The van der Waals surface area contributed by atoms with Crippen LogP contribution in [0.15, 0.2) is 18.2 Å². The lowest BCUT2D eigenvalue weighted by Gasteiger charge is -2.20. The second-order valence-electron chi connectivity index (χ2n) is 4.64. The maximum absolute atomic E-state index is 5.61. The van der Waals surface area contributed by atoms with Gasteiger partial charge in [-0.3, -0.25) is 0 Å². The maximum atomic E-state index is 5.61. The van der Waals surface area contributed by atoms with Gasteiger partial charge in [0, 0.05) is 5.56 Å². The molecule has 0 aliphatic rings. The first-order valence-electron chi connectivity index (χ1n) is 4.73. The Balaban J connectivity index is 3.20. The summed E-state index contributed by atoms with van der Waals surface area (Å²) in [5.41, 5.74) is 9.24. The van der Waals surface area contributed by atoms with Gasteiger partial charge in [-0.2, -0.15) is 0 Å². The number of rotatable bonds is 1. The summed E-state index contributed by atoms with van der Waals surface area (Å²) >= 11 is 4.96. The molecule has 0 amide bonds. The fourth-order valence-corrected chi connectivity index (χ4v) is 1.64. The van der Waals surface area contributed by atoms with Gasteiger partial charge in [-0.25, -0.2) is 0 Å². The number of hydrogen-bond donors (Lipinski definition) is 1. The second kappa shape index (κ2) is 3.70. The van der Waals surface area contributed by atoms with Crippen LogP contribution in [0.5, 0.6) is 0 Å². The van der Waals surface area contributed by atoms with Gasteiger partial charge in [0.05, 0.1) is 0 Å². The van der Waals surface area contributed by atoms with Crippen LogP contribution < -0.4 is 5.73 Å². The SMILES string of the molecule is Cc1cc(C(C)(C)C)ccc1C(N)=S. The highest BCUT2D eigenvalue weighted by Crippen LogP contribution is 2.24. The van der Waals surface area contributed by atoms with E-state index >= 15 is 0 Å². The highest BCUT2D eigenvalue weighted by molar-refractivity contribution is 7.80. The minimum atomic E-state index is 0.180. The lowest BCUT2D eigenvalue weighted by molar-refractivity contribution is 0.589. The molecule has 76 valence electrons. The summed E-state index contributed by atoms with van der Waals surface area (Å²) in [6.07, 6.45) is 0. The van der Waals surface area contributed by atoms with Crippen LogP contribution in [-0.4, -0.2) is 4.99 Å². The van der Waals surface area contributed by atoms with Gasteiger partial charge in [-0.05, 0) is 23.5 Å². The van der Waals surface area contributed by atoms with Crippen LogP contribution in [0.4, 0.5) is 0 Å². The first-order chi connectivity index (χ1) is 6.32. The molecule has 0 saturated heterocycles. The van der Waals surface area contributed by atoms with Crippen molar-refractivity contribution in [3.8, 4) is 0 Å². The van der Waals surface area contributed by atoms with Crippen LogP contribution in [0.1, 0.15) is 37.5 Å². The molecule has 0 spiro atoms. The molecule has 0 radical (unpaired) electrons. The van der Waals surface area contributed by atoms with Gasteiger partial charge < -0.3 is 5.73 Å². The zero-order chi connectivity index (χ0) is 10.9. The molecule has 0 heterocycles. The van der Waals surface area contributed by atoms with Crippen molar-refractivity contribution in [1.82, 2.24) is 0 Å². The molecule has 1 aromatic rings. The van der Waals surface area contributed by atoms with E-state index in [1.54, 1.807) is 0 Å². The van der Waals surface area contributed by atoms with E-state index in [2.05, 4.69) is 32.9 Å². The molecule has 1 rings (SSSR count). The van der Waals surface area contributed by atoms with Gasteiger partial charge in [0.2, 0.25) is 0 Å². The zero-order valence-electron chi connectivity index (χ0n) is 9.22. The van der Waals surface area contributed by atoms with Crippen molar-refractivity contribution >= 4 is 17.2 Å². The summed E-state index contributed by atoms with van der Waals surface area (Å²) in [6, 6.07) is 6.27. The molecule has 0 saturated carbocycles. The Bertz CT molecular complexity index is 361. The van der Waals surface area contributed by atoms with E-state index in [1.807, 2.05) is 13.0 Å². The van der Waals surface area contributed by atoms with Gasteiger partial charge in [0.1, 0.15) is 4.99 Å². The summed E-state index contributed by atoms with van der Waals surface area (Å²) in [5.74, 6) is 0. The van der Waals surface area contributed by atoms with Crippen LogP contribution >= 0.6 is 12.2 Å². The molecule has 0 atom stereocenters. The zero-order valence-corrected chi connectivity index (χ0v) is 10.0. The Morgan fingerprint density at radius 2 is 1.86 bits per heavy atom. The summed E-state index contributed by atoms with van der Waals surface area (Å²) in [4.78, 5) is 0.475. The molecule has 0 aliphatic carbocycles. The average Bonchev–Trinajstić information content (AvgIpc) is 2.01. The molecule has 0 aromatic heterocycles. The van der Waals surface area contributed by atoms with Crippen molar-refractivity contribution in [2.24, 2.45) is 5.73 Å². The third-order valence-corrected chi connectivity index (χ3v) is 2.58. The van der Waals surface area contributed by atoms with Crippen LogP contribution in [0.3, 0.4) is 0 Å². The van der Waals surface area contributed by atoms with E-state index in [1.165, 1.54) is 5.56 Å². The molecule has 0 bridgehead atoms. The topological polar surface area (TPSA) is 26.0 Å². The molecule has 1 aromatic carbocycles. The fraction of sp³-hybridized carbons (Fsp3) is 0.417. The third-order valence-electron chi connectivity index (χ3n) is 2.36. The Hall–Kier alpha value is -0.890. The third kappa shape index (κ3) is 2.32. The predicted octanol–water partition coefficient (Wildman–Crippen LogP) is 2.93. The number of thiocarbonyl (C=S) groups is 1. The van der Waals surface area contributed by atoms with E-state index in [-0.39, 0.29) is 5.41 Å². The minimum Gasteiger partial charge on any atom is -0.389 e. The van der Waals surface area contributed by atoms with Gasteiger partial charge in [0.15, 0.2) is 0 Å². The van der Waals surface area contributed by atoms with E-state index in [0.717, 1.165) is 11.1 Å². The van der Waals surface area contributed by atoms with Crippen LogP contribution in [-0.2, 0) is 5.41 Å². The summed E-state index contributed by atoms with van der Waals surface area (Å²) in [7, 11) is 0. The van der Waals surface area contributed by atoms with Gasteiger partial charge in [-0.1, -0.05) is 51.2 Å². The number of nitrogens with two attached hydrogens (primary N) is 1. The quantitative estimate of drug-likeness (QED) is 0.717. The van der Waals surface area contributed by atoms with Crippen molar-refractivity contribution in [3.05, 3.63) is 34.9 Å². The second-order valence-corrected chi connectivity index (χ2v) is 5.08. The van der Waals surface area contributed by atoms with Gasteiger partial charge in [-0.15, -0.1) is 0 Å². The van der Waals surface area contributed by atoms with E-state index < -0.39 is 0 Å². The maximum Gasteiger partial charge on any atom is 0.104 e. The number of hydrogen-bond acceptors (Lipinski definition) is 1. The monoisotopic (exact) mass is 207 g/mol. The van der Waals surface area contributed by atoms with E-state index in [4.69, 9.17) is 18.0 Å². The molecule has 0 aliphatic heterocycles. The summed E-state index contributed by atoms with van der Waals surface area (Å²) in [6.45, 7) is 8.64. The van der Waals surface area contributed by atoms with Crippen molar-refractivity contribution in [1.29, 1.82) is 0 Å². The predicted molar refractivity (Wildman–Crippen MR) is 65.8 cm³/mol. The highest BCUT2D eigenvalue weighted by atomic mass is 32.1. The van der Waals surface area contributed by atoms with Crippen LogP contribution in [0, 0.1) is 6.92 Å². The Morgan fingerprint density at radius 1 is 1.29 bits per heavy atom. The first kappa shape index (κ1) is 11.2. The molecule has 1 nitrogen and oxygen atoms in total. The standard InChI is InChI=1S/C12H17NS/c1-8-7-9(12(2,3)4)5-6-10(8)11(13)14/h5-7H,1-4H3,(H2,13,14). The first-order valence-corrected chi connectivity index (χ1v) is 5.14. The van der Waals surface area contributed by atoms with Crippen LogP contribution in [0.2, 0.25) is 0 Å². The molecule has 2 N–H and O–H groups in total.